The minimum atomic E-state index is -0.225. The fourth-order valence-corrected chi connectivity index (χ4v) is 2.99. The van der Waals surface area contributed by atoms with Crippen molar-refractivity contribution in [2.24, 2.45) is 0 Å². The number of hydrogen-bond acceptors (Lipinski definition) is 5. The van der Waals surface area contributed by atoms with Crippen molar-refractivity contribution in [1.29, 1.82) is 0 Å². The molecule has 0 unspecified atom stereocenters. The van der Waals surface area contributed by atoms with Gasteiger partial charge in [0.1, 0.15) is 17.8 Å². The quantitative estimate of drug-likeness (QED) is 0.898. The van der Waals surface area contributed by atoms with E-state index in [2.05, 4.69) is 20.2 Å². The molecule has 7 heteroatoms. The molecule has 1 fully saturated rings. The Balaban J connectivity index is 1.61. The SMILES string of the molecule is CC(=O)N1CCN(c2cc(C(=O)NCc3cccc(C)c3)ncn2)CC1. The Labute approximate surface area is 153 Å². The smallest absolute Gasteiger partial charge is 0.270 e. The topological polar surface area (TPSA) is 78.4 Å². The summed E-state index contributed by atoms with van der Waals surface area (Å²) in [5, 5.41) is 2.89. The lowest BCUT2D eigenvalue weighted by molar-refractivity contribution is -0.129. The van der Waals surface area contributed by atoms with Gasteiger partial charge in [-0.05, 0) is 12.5 Å². The molecule has 1 aromatic heterocycles. The van der Waals surface area contributed by atoms with Crippen LogP contribution in [-0.2, 0) is 11.3 Å². The number of amides is 2. The number of anilines is 1. The van der Waals surface area contributed by atoms with Crippen LogP contribution < -0.4 is 10.2 Å². The highest BCUT2D eigenvalue weighted by molar-refractivity contribution is 5.92. The van der Waals surface area contributed by atoms with E-state index in [0.29, 0.717) is 44.2 Å². The van der Waals surface area contributed by atoms with Gasteiger partial charge in [-0.25, -0.2) is 9.97 Å². The first-order valence-corrected chi connectivity index (χ1v) is 8.69. The average Bonchev–Trinajstić information content (AvgIpc) is 2.66. The predicted octanol–water partition coefficient (Wildman–Crippen LogP) is 1.38. The lowest BCUT2D eigenvalue weighted by Gasteiger charge is -2.34. The van der Waals surface area contributed by atoms with E-state index in [-0.39, 0.29) is 11.8 Å². The summed E-state index contributed by atoms with van der Waals surface area (Å²) in [6.45, 7) is 6.77. The molecule has 2 heterocycles. The highest BCUT2D eigenvalue weighted by Crippen LogP contribution is 2.14. The maximum absolute atomic E-state index is 12.4. The normalized spacial score (nSPS) is 14.2. The van der Waals surface area contributed by atoms with Gasteiger partial charge in [0.25, 0.3) is 5.91 Å². The molecule has 1 aliphatic heterocycles. The summed E-state index contributed by atoms with van der Waals surface area (Å²) in [7, 11) is 0. The number of nitrogens with one attached hydrogen (secondary N) is 1. The van der Waals surface area contributed by atoms with Crippen LogP contribution in [0, 0.1) is 6.92 Å². The van der Waals surface area contributed by atoms with Gasteiger partial charge in [0.15, 0.2) is 0 Å². The molecule has 3 rings (SSSR count). The Hall–Kier alpha value is -2.96. The molecule has 1 aliphatic rings. The zero-order valence-electron chi connectivity index (χ0n) is 15.1. The van der Waals surface area contributed by atoms with Gasteiger partial charge >= 0.3 is 0 Å². The molecule has 136 valence electrons. The van der Waals surface area contributed by atoms with Crippen molar-refractivity contribution in [2.75, 3.05) is 31.1 Å². The molecular weight excluding hydrogens is 330 g/mol. The molecule has 0 atom stereocenters. The zero-order chi connectivity index (χ0) is 18.5. The Morgan fingerprint density at radius 3 is 2.58 bits per heavy atom. The maximum Gasteiger partial charge on any atom is 0.270 e. The summed E-state index contributed by atoms with van der Waals surface area (Å²) in [4.78, 5) is 36.1. The van der Waals surface area contributed by atoms with Crippen LogP contribution in [0.5, 0.6) is 0 Å². The molecular formula is C19H23N5O2. The zero-order valence-corrected chi connectivity index (χ0v) is 15.1. The van der Waals surface area contributed by atoms with E-state index in [1.807, 2.05) is 36.1 Å². The van der Waals surface area contributed by atoms with Crippen molar-refractivity contribution >= 4 is 17.6 Å². The van der Waals surface area contributed by atoms with Crippen LogP contribution in [0.1, 0.15) is 28.5 Å². The minimum Gasteiger partial charge on any atom is -0.353 e. The second-order valence-corrected chi connectivity index (χ2v) is 6.43. The van der Waals surface area contributed by atoms with E-state index < -0.39 is 0 Å². The van der Waals surface area contributed by atoms with Crippen LogP contribution in [0.4, 0.5) is 5.82 Å². The molecule has 1 N–H and O–H groups in total. The van der Waals surface area contributed by atoms with Crippen molar-refractivity contribution in [3.63, 3.8) is 0 Å². The number of piperazine rings is 1. The van der Waals surface area contributed by atoms with Gasteiger partial charge in [-0.3, -0.25) is 9.59 Å². The minimum absolute atomic E-state index is 0.0866. The summed E-state index contributed by atoms with van der Waals surface area (Å²) < 4.78 is 0. The monoisotopic (exact) mass is 353 g/mol. The lowest BCUT2D eigenvalue weighted by Crippen LogP contribution is -2.48. The van der Waals surface area contributed by atoms with Crippen LogP contribution in [0.15, 0.2) is 36.7 Å². The first kappa shape index (κ1) is 17.8. The molecule has 7 nitrogen and oxygen atoms in total. The van der Waals surface area contributed by atoms with Crippen molar-refractivity contribution in [3.8, 4) is 0 Å². The van der Waals surface area contributed by atoms with E-state index in [1.54, 1.807) is 13.0 Å². The molecule has 0 spiro atoms. The molecule has 26 heavy (non-hydrogen) atoms. The van der Waals surface area contributed by atoms with Gasteiger partial charge in [0.05, 0.1) is 0 Å². The van der Waals surface area contributed by atoms with Gasteiger partial charge in [0.2, 0.25) is 5.91 Å². The maximum atomic E-state index is 12.4. The van der Waals surface area contributed by atoms with Crippen molar-refractivity contribution < 1.29 is 9.59 Å². The number of benzene rings is 1. The molecule has 0 saturated carbocycles. The van der Waals surface area contributed by atoms with Crippen LogP contribution >= 0.6 is 0 Å². The van der Waals surface area contributed by atoms with E-state index in [1.165, 1.54) is 6.33 Å². The Morgan fingerprint density at radius 1 is 1.12 bits per heavy atom. The second-order valence-electron chi connectivity index (χ2n) is 6.43. The third kappa shape index (κ3) is 4.36. The molecule has 2 aromatic rings. The molecule has 2 amide bonds. The third-order valence-electron chi connectivity index (χ3n) is 4.47. The van der Waals surface area contributed by atoms with Crippen LogP contribution in [0.3, 0.4) is 0 Å². The third-order valence-corrected chi connectivity index (χ3v) is 4.47. The van der Waals surface area contributed by atoms with Gasteiger partial charge in [-0.15, -0.1) is 0 Å². The molecule has 0 radical (unpaired) electrons. The second kappa shape index (κ2) is 7.95. The van der Waals surface area contributed by atoms with Crippen molar-refractivity contribution in [2.45, 2.75) is 20.4 Å². The van der Waals surface area contributed by atoms with Crippen molar-refractivity contribution in [1.82, 2.24) is 20.2 Å². The van der Waals surface area contributed by atoms with E-state index in [9.17, 15) is 9.59 Å². The Morgan fingerprint density at radius 2 is 1.88 bits per heavy atom. The molecule has 1 aromatic carbocycles. The first-order valence-electron chi connectivity index (χ1n) is 8.69. The van der Waals surface area contributed by atoms with Gasteiger partial charge < -0.3 is 15.1 Å². The number of hydrogen-bond donors (Lipinski definition) is 1. The fourth-order valence-electron chi connectivity index (χ4n) is 2.99. The summed E-state index contributed by atoms with van der Waals surface area (Å²) in [6.07, 6.45) is 1.41. The van der Waals surface area contributed by atoms with Gasteiger partial charge in [-0.2, -0.15) is 0 Å². The summed E-state index contributed by atoms with van der Waals surface area (Å²) in [5.74, 6) is 0.574. The van der Waals surface area contributed by atoms with Gasteiger partial charge in [-0.1, -0.05) is 29.8 Å². The van der Waals surface area contributed by atoms with E-state index >= 15 is 0 Å². The highest BCUT2D eigenvalue weighted by Gasteiger charge is 2.20. The van der Waals surface area contributed by atoms with E-state index in [4.69, 9.17) is 0 Å². The molecule has 1 saturated heterocycles. The Bertz CT molecular complexity index is 800. The summed E-state index contributed by atoms with van der Waals surface area (Å²) >= 11 is 0. The average molecular weight is 353 g/mol. The number of aryl methyl sites for hydroxylation is 1. The largest absolute Gasteiger partial charge is 0.353 e. The standard InChI is InChI=1S/C19H23N5O2/c1-14-4-3-5-16(10-14)12-20-19(26)17-11-18(22-13-21-17)24-8-6-23(7-9-24)15(2)25/h3-5,10-11,13H,6-9,12H2,1-2H3,(H,20,26). The van der Waals surface area contributed by atoms with Crippen LogP contribution in [0.25, 0.3) is 0 Å². The molecule has 0 aliphatic carbocycles. The molecule has 0 bridgehead atoms. The predicted molar refractivity (Wildman–Crippen MR) is 98.8 cm³/mol. The fraction of sp³-hybridized carbons (Fsp3) is 0.368. The van der Waals surface area contributed by atoms with Crippen LogP contribution in [0.2, 0.25) is 0 Å². The van der Waals surface area contributed by atoms with E-state index in [0.717, 1.165) is 11.1 Å². The summed E-state index contributed by atoms with van der Waals surface area (Å²) in [6, 6.07) is 9.72. The van der Waals surface area contributed by atoms with Crippen molar-refractivity contribution in [3.05, 3.63) is 53.5 Å². The highest BCUT2D eigenvalue weighted by atomic mass is 16.2. The Kier molecular flexibility index (Phi) is 5.46. The number of carbonyl (C=O) groups is 2. The number of rotatable bonds is 4. The lowest BCUT2D eigenvalue weighted by atomic mass is 10.1. The number of aromatic nitrogens is 2. The number of nitrogens with zero attached hydrogens (tertiary/aromatic N) is 4. The number of carbonyl (C=O) groups excluding carboxylic acids is 2. The summed E-state index contributed by atoms with van der Waals surface area (Å²) in [5.41, 5.74) is 2.55. The van der Waals surface area contributed by atoms with Crippen LogP contribution in [-0.4, -0.2) is 52.9 Å². The first-order chi connectivity index (χ1) is 12.5. The van der Waals surface area contributed by atoms with Gasteiger partial charge in [0, 0.05) is 45.7 Å².